The smallest absolute Gasteiger partial charge is 0.354 e. The van der Waals surface area contributed by atoms with Crippen molar-refractivity contribution in [3.63, 3.8) is 0 Å². The zero-order valence-electron chi connectivity index (χ0n) is 16.0. The van der Waals surface area contributed by atoms with Crippen LogP contribution >= 0.6 is 11.8 Å². The Kier molecular flexibility index (Phi) is 6.99. The van der Waals surface area contributed by atoms with Gasteiger partial charge in [-0.05, 0) is 36.8 Å². The predicted molar refractivity (Wildman–Crippen MR) is 104 cm³/mol. The Morgan fingerprint density at radius 2 is 1.73 bits per heavy atom. The molecule has 3 rings (SSSR count). The molecule has 30 heavy (non-hydrogen) atoms. The molecule has 2 N–H and O–H groups in total. The zero-order chi connectivity index (χ0) is 21.7. The fraction of sp³-hybridized carbons (Fsp3) is 0.421. The van der Waals surface area contributed by atoms with Gasteiger partial charge in [-0.1, -0.05) is 18.2 Å². The molecule has 0 saturated carbocycles. The summed E-state index contributed by atoms with van der Waals surface area (Å²) in [5.41, 5.74) is -1.44. The maximum absolute atomic E-state index is 13.3. The van der Waals surface area contributed by atoms with Gasteiger partial charge in [0.25, 0.3) is 5.91 Å². The third-order valence-corrected chi connectivity index (χ3v) is 5.11. The number of carbonyl (C=O) groups is 2. The van der Waals surface area contributed by atoms with E-state index >= 15 is 0 Å². The molecule has 0 spiro atoms. The molecule has 1 aromatic heterocycles. The monoisotopic (exact) mass is 443 g/mol. The van der Waals surface area contributed by atoms with E-state index in [9.17, 15) is 22.8 Å². The average Bonchev–Trinajstić information content (AvgIpc) is 3.18. The zero-order valence-corrected chi connectivity index (χ0v) is 16.7. The van der Waals surface area contributed by atoms with E-state index in [-0.39, 0.29) is 24.9 Å². The maximum atomic E-state index is 13.3. The Morgan fingerprint density at radius 1 is 1.10 bits per heavy atom. The fourth-order valence-electron chi connectivity index (χ4n) is 3.17. The topological polar surface area (TPSA) is 79.3 Å². The van der Waals surface area contributed by atoms with Crippen LogP contribution in [0.25, 0.3) is 5.69 Å². The number of para-hydroxylation sites is 1. The summed E-state index contributed by atoms with van der Waals surface area (Å²) in [5.74, 6) is -1.22. The van der Waals surface area contributed by atoms with Crippen molar-refractivity contribution in [3.05, 3.63) is 47.8 Å². The fourth-order valence-corrected chi connectivity index (χ4v) is 3.37. The minimum Gasteiger partial charge on any atom is -0.354 e. The number of hydrogen-bond acceptors (Lipinski definition) is 4. The number of carbonyl (C=O) groups excluding carboxylic acids is 2. The highest BCUT2D eigenvalue weighted by Crippen LogP contribution is 2.31. The molecule has 0 unspecified atom stereocenters. The van der Waals surface area contributed by atoms with E-state index in [0.29, 0.717) is 31.6 Å². The van der Waals surface area contributed by atoms with Crippen LogP contribution in [0.4, 0.5) is 13.2 Å². The van der Waals surface area contributed by atoms with Crippen molar-refractivity contribution in [2.24, 2.45) is 5.92 Å². The van der Waals surface area contributed by atoms with Crippen molar-refractivity contribution in [3.8, 4) is 5.69 Å². The van der Waals surface area contributed by atoms with Crippen LogP contribution < -0.4 is 10.6 Å². The number of alkyl halides is 3. The van der Waals surface area contributed by atoms with Crippen molar-refractivity contribution >= 4 is 23.6 Å². The second-order valence-corrected chi connectivity index (χ2v) is 7.38. The molecule has 1 fully saturated rings. The Morgan fingerprint density at radius 3 is 2.37 bits per heavy atom. The summed E-state index contributed by atoms with van der Waals surface area (Å²) in [4.78, 5) is 24.5. The van der Waals surface area contributed by atoms with Gasteiger partial charge < -0.3 is 10.6 Å². The minimum absolute atomic E-state index is 0.00720. The van der Waals surface area contributed by atoms with Gasteiger partial charge in [-0.25, -0.2) is 9.10 Å². The average molecular weight is 444 g/mol. The van der Waals surface area contributed by atoms with Crippen LogP contribution in [0.15, 0.2) is 36.5 Å². The molecular weight excluding hydrogens is 423 g/mol. The predicted octanol–water partition coefficient (Wildman–Crippen LogP) is 2.60. The molecule has 1 aliphatic heterocycles. The molecular formula is C19H21ClF3N5O2. The SMILES string of the molecule is O=C(NCCNC(=O)C1CCN(Cl)CC1)c1cn(-c2ccccc2)nc1C(F)(F)F. The number of rotatable bonds is 6. The Hall–Kier alpha value is -2.59. The molecule has 7 nitrogen and oxygen atoms in total. The highest BCUT2D eigenvalue weighted by Gasteiger charge is 2.39. The standard InChI is InChI=1S/C19H21ClF3N5O2/c20-27-10-6-13(7-11-27)17(29)24-8-9-25-18(30)15-12-28(14-4-2-1-3-5-14)26-16(15)19(21,22)23/h1-5,12-13H,6-11H2,(H,24,29)(H,25,30). The van der Waals surface area contributed by atoms with Crippen LogP contribution in [0.5, 0.6) is 0 Å². The Labute approximate surface area is 176 Å². The lowest BCUT2D eigenvalue weighted by Gasteiger charge is -2.26. The van der Waals surface area contributed by atoms with Crippen molar-refractivity contribution in [2.75, 3.05) is 26.2 Å². The van der Waals surface area contributed by atoms with Gasteiger partial charge >= 0.3 is 6.18 Å². The van der Waals surface area contributed by atoms with Crippen LogP contribution in [0.3, 0.4) is 0 Å². The minimum atomic E-state index is -4.78. The van der Waals surface area contributed by atoms with Crippen LogP contribution in [0.2, 0.25) is 0 Å². The van der Waals surface area contributed by atoms with E-state index in [1.54, 1.807) is 34.8 Å². The van der Waals surface area contributed by atoms with Gasteiger partial charge in [-0.3, -0.25) is 9.59 Å². The summed E-state index contributed by atoms with van der Waals surface area (Å²) in [6, 6.07) is 8.20. The third kappa shape index (κ3) is 5.51. The second-order valence-electron chi connectivity index (χ2n) is 6.90. The molecule has 2 aromatic rings. The Bertz CT molecular complexity index is 880. The van der Waals surface area contributed by atoms with Crippen molar-refractivity contribution in [2.45, 2.75) is 19.0 Å². The molecule has 0 aliphatic carbocycles. The molecule has 0 atom stereocenters. The van der Waals surface area contributed by atoms with E-state index < -0.39 is 23.3 Å². The first-order chi connectivity index (χ1) is 14.3. The molecule has 162 valence electrons. The summed E-state index contributed by atoms with van der Waals surface area (Å²) < 4.78 is 42.7. The van der Waals surface area contributed by atoms with E-state index in [4.69, 9.17) is 11.8 Å². The molecule has 2 heterocycles. The van der Waals surface area contributed by atoms with Gasteiger partial charge in [0.15, 0.2) is 5.69 Å². The number of nitrogens with zero attached hydrogens (tertiary/aromatic N) is 3. The van der Waals surface area contributed by atoms with Crippen LogP contribution in [-0.4, -0.2) is 52.2 Å². The highest BCUT2D eigenvalue weighted by molar-refractivity contribution is 6.13. The van der Waals surface area contributed by atoms with Gasteiger partial charge in [0.1, 0.15) is 0 Å². The van der Waals surface area contributed by atoms with E-state index in [2.05, 4.69) is 15.7 Å². The number of benzene rings is 1. The summed E-state index contributed by atoms with van der Waals surface area (Å²) in [7, 11) is 0. The number of amides is 2. The lowest BCUT2D eigenvalue weighted by molar-refractivity contribution is -0.141. The lowest BCUT2D eigenvalue weighted by Crippen LogP contribution is -2.40. The summed E-state index contributed by atoms with van der Waals surface area (Å²) in [6.45, 7) is 1.33. The normalized spacial score (nSPS) is 15.7. The van der Waals surface area contributed by atoms with Crippen molar-refractivity contribution in [1.29, 1.82) is 0 Å². The molecule has 1 saturated heterocycles. The molecule has 2 amide bonds. The van der Waals surface area contributed by atoms with Crippen LogP contribution in [0, 0.1) is 5.92 Å². The number of piperidine rings is 1. The number of nitrogens with one attached hydrogen (secondary N) is 2. The van der Waals surface area contributed by atoms with Gasteiger partial charge in [-0.2, -0.15) is 18.3 Å². The van der Waals surface area contributed by atoms with Crippen LogP contribution in [0.1, 0.15) is 28.9 Å². The highest BCUT2D eigenvalue weighted by atomic mass is 35.5. The molecule has 1 aromatic carbocycles. The maximum Gasteiger partial charge on any atom is 0.435 e. The van der Waals surface area contributed by atoms with E-state index in [1.165, 1.54) is 0 Å². The van der Waals surface area contributed by atoms with Crippen molar-refractivity contribution < 1.29 is 22.8 Å². The molecule has 0 bridgehead atoms. The Balaban J connectivity index is 1.58. The number of hydrogen-bond donors (Lipinski definition) is 2. The summed E-state index contributed by atoms with van der Waals surface area (Å²) >= 11 is 5.86. The van der Waals surface area contributed by atoms with Crippen molar-refractivity contribution in [1.82, 2.24) is 24.8 Å². The first-order valence-electron chi connectivity index (χ1n) is 9.44. The van der Waals surface area contributed by atoms with Gasteiger partial charge in [0, 0.05) is 38.3 Å². The van der Waals surface area contributed by atoms with E-state index in [0.717, 1.165) is 10.9 Å². The van der Waals surface area contributed by atoms with Gasteiger partial charge in [0.2, 0.25) is 5.91 Å². The first-order valence-corrected chi connectivity index (χ1v) is 9.78. The van der Waals surface area contributed by atoms with E-state index in [1.807, 2.05) is 0 Å². The molecule has 11 heteroatoms. The molecule has 0 radical (unpaired) electrons. The second kappa shape index (κ2) is 9.48. The number of aromatic nitrogens is 2. The number of halogens is 4. The van der Waals surface area contributed by atoms with Gasteiger partial charge in [0.05, 0.1) is 11.3 Å². The summed E-state index contributed by atoms with van der Waals surface area (Å²) in [6.07, 6.45) is -2.46. The molecule has 1 aliphatic rings. The lowest BCUT2D eigenvalue weighted by atomic mass is 9.97. The summed E-state index contributed by atoms with van der Waals surface area (Å²) in [5, 5.41) is 8.64. The first kappa shape index (κ1) is 22.1. The van der Waals surface area contributed by atoms with Crippen LogP contribution in [-0.2, 0) is 11.0 Å². The quantitative estimate of drug-likeness (QED) is 0.531. The third-order valence-electron chi connectivity index (χ3n) is 4.77. The van der Waals surface area contributed by atoms with Gasteiger partial charge in [-0.15, -0.1) is 0 Å². The largest absolute Gasteiger partial charge is 0.435 e.